The molecule has 2 aromatic rings. The zero-order valence-corrected chi connectivity index (χ0v) is 26.3. The first-order chi connectivity index (χ1) is 21.0. The average Bonchev–Trinajstić information content (AvgIpc) is 3.19. The number of alkyl carbamates (subject to hydrolysis) is 1. The van der Waals surface area contributed by atoms with Crippen molar-refractivity contribution in [1.82, 2.24) is 20.5 Å². The summed E-state index contributed by atoms with van der Waals surface area (Å²) in [6, 6.07) is 10.7. The molecule has 242 valence electrons. The summed E-state index contributed by atoms with van der Waals surface area (Å²) in [5.74, 6) is -3.71. The average molecular weight is 628 g/mol. The lowest BCUT2D eigenvalue weighted by molar-refractivity contribution is -0.143. The summed E-state index contributed by atoms with van der Waals surface area (Å²) >= 11 is 0. The maximum absolute atomic E-state index is 14.4. The summed E-state index contributed by atoms with van der Waals surface area (Å²) in [4.78, 5) is 55.0. The molecule has 2 atom stereocenters. The molecule has 2 aromatic carbocycles. The van der Waals surface area contributed by atoms with Crippen LogP contribution in [-0.2, 0) is 25.5 Å². The van der Waals surface area contributed by atoms with Gasteiger partial charge in [-0.1, -0.05) is 30.3 Å². The van der Waals surface area contributed by atoms with Gasteiger partial charge in [0.05, 0.1) is 5.71 Å². The van der Waals surface area contributed by atoms with Crippen LogP contribution in [-0.4, -0.2) is 83.4 Å². The van der Waals surface area contributed by atoms with Crippen molar-refractivity contribution in [2.24, 2.45) is 10.5 Å². The highest BCUT2D eigenvalue weighted by Gasteiger charge is 2.54. The third-order valence-electron chi connectivity index (χ3n) is 7.55. The molecule has 13 heteroatoms. The molecule has 0 aromatic heterocycles. The highest BCUT2D eigenvalue weighted by molar-refractivity contribution is 6.13. The van der Waals surface area contributed by atoms with E-state index in [1.54, 1.807) is 27.8 Å². The fourth-order valence-corrected chi connectivity index (χ4v) is 5.33. The third kappa shape index (κ3) is 7.76. The Morgan fingerprint density at radius 1 is 1.07 bits per heavy atom. The van der Waals surface area contributed by atoms with E-state index >= 15 is 0 Å². The standard InChI is InChI=1S/C32H39F2N5O6/c1-30(2,3)45-29(43)36-31(4,5)27(41)35-23(18-44-24-13-12-21(33)16-22(24)34)26(40)39-15-14-25-32(19-39,28(42)38(6)37-25)17-20-10-8-7-9-11-20/h7-13,16,23H,14-15,17-19H2,1-6H3,(H,35,41)(H,36,43)/t23?,32-/m1/s1. The van der Waals surface area contributed by atoms with Crippen LogP contribution in [0.5, 0.6) is 5.75 Å². The van der Waals surface area contributed by atoms with Gasteiger partial charge in [-0.25, -0.2) is 18.6 Å². The summed E-state index contributed by atoms with van der Waals surface area (Å²) in [5, 5.41) is 10.9. The second-order valence-corrected chi connectivity index (χ2v) is 12.8. The van der Waals surface area contributed by atoms with E-state index in [4.69, 9.17) is 9.47 Å². The fourth-order valence-electron chi connectivity index (χ4n) is 5.33. The SMILES string of the molecule is CN1N=C2CCN(C(=O)C(COc3ccc(F)cc3F)NC(=O)C(C)(C)NC(=O)OC(C)(C)C)C[C@@]2(Cc2ccccc2)C1=O. The molecule has 0 radical (unpaired) electrons. The van der Waals surface area contributed by atoms with E-state index in [-0.39, 0.29) is 24.7 Å². The number of hydrazone groups is 1. The molecule has 2 N–H and O–H groups in total. The Balaban J connectivity index is 1.59. The summed E-state index contributed by atoms with van der Waals surface area (Å²) in [5.41, 5.74) is -1.92. The van der Waals surface area contributed by atoms with E-state index in [0.29, 0.717) is 24.6 Å². The van der Waals surface area contributed by atoms with Gasteiger partial charge >= 0.3 is 6.09 Å². The Morgan fingerprint density at radius 3 is 2.40 bits per heavy atom. The Bertz CT molecular complexity index is 1490. The minimum atomic E-state index is -1.54. The third-order valence-corrected chi connectivity index (χ3v) is 7.55. The summed E-state index contributed by atoms with van der Waals surface area (Å²) in [6.45, 7) is 7.54. The van der Waals surface area contributed by atoms with E-state index < -0.39 is 58.7 Å². The monoisotopic (exact) mass is 627 g/mol. The first-order valence-electron chi connectivity index (χ1n) is 14.6. The van der Waals surface area contributed by atoms with Crippen LogP contribution in [0.25, 0.3) is 0 Å². The summed E-state index contributed by atoms with van der Waals surface area (Å²) in [6.07, 6.45) is -0.223. The van der Waals surface area contributed by atoms with E-state index in [9.17, 15) is 28.0 Å². The molecule has 11 nitrogen and oxygen atoms in total. The maximum Gasteiger partial charge on any atom is 0.408 e. The fraction of sp³-hybridized carbons (Fsp3) is 0.469. The van der Waals surface area contributed by atoms with Gasteiger partial charge in [0.15, 0.2) is 11.6 Å². The predicted molar refractivity (Wildman–Crippen MR) is 161 cm³/mol. The maximum atomic E-state index is 14.4. The molecule has 0 spiro atoms. The van der Waals surface area contributed by atoms with Gasteiger partial charge in [0.25, 0.3) is 5.91 Å². The molecule has 1 unspecified atom stereocenters. The van der Waals surface area contributed by atoms with Crippen LogP contribution in [0.2, 0.25) is 0 Å². The molecule has 0 bridgehead atoms. The molecule has 2 aliphatic rings. The Kier molecular flexibility index (Phi) is 9.50. The zero-order valence-electron chi connectivity index (χ0n) is 26.3. The molecule has 0 aliphatic carbocycles. The molecule has 45 heavy (non-hydrogen) atoms. The number of ether oxygens (including phenoxy) is 2. The summed E-state index contributed by atoms with van der Waals surface area (Å²) < 4.78 is 38.7. The van der Waals surface area contributed by atoms with Crippen molar-refractivity contribution in [3.63, 3.8) is 0 Å². The number of rotatable bonds is 9. The molecule has 1 saturated heterocycles. The van der Waals surface area contributed by atoms with E-state index in [1.165, 1.54) is 23.8 Å². The number of likely N-dealkylation sites (tertiary alicyclic amines) is 1. The van der Waals surface area contributed by atoms with Crippen LogP contribution in [0.4, 0.5) is 13.6 Å². The second kappa shape index (κ2) is 12.8. The quantitative estimate of drug-likeness (QED) is 0.439. The number of nitrogens with one attached hydrogen (secondary N) is 2. The molecule has 0 saturated carbocycles. The molecular weight excluding hydrogens is 588 g/mol. The number of fused-ring (bicyclic) bond motifs is 1. The van der Waals surface area contributed by atoms with E-state index in [1.807, 2.05) is 30.3 Å². The highest BCUT2D eigenvalue weighted by Crippen LogP contribution is 2.38. The van der Waals surface area contributed by atoms with Crippen LogP contribution < -0.4 is 15.4 Å². The van der Waals surface area contributed by atoms with Crippen molar-refractivity contribution < 1.29 is 37.4 Å². The predicted octanol–water partition coefficient (Wildman–Crippen LogP) is 3.42. The van der Waals surface area contributed by atoms with E-state index in [2.05, 4.69) is 15.7 Å². The highest BCUT2D eigenvalue weighted by atomic mass is 19.1. The van der Waals surface area contributed by atoms with Gasteiger partial charge in [-0.05, 0) is 58.7 Å². The smallest absolute Gasteiger partial charge is 0.408 e. The van der Waals surface area contributed by atoms with E-state index in [0.717, 1.165) is 17.7 Å². The number of carbonyl (C=O) groups is 4. The Hall–Kier alpha value is -4.55. The minimum Gasteiger partial charge on any atom is -0.488 e. The molecular formula is C32H39F2N5O6. The topological polar surface area (TPSA) is 130 Å². The largest absolute Gasteiger partial charge is 0.488 e. The van der Waals surface area contributed by atoms with Gasteiger partial charge in [0.2, 0.25) is 11.8 Å². The van der Waals surface area contributed by atoms with Gasteiger partial charge in [0.1, 0.15) is 35.0 Å². The number of hydrogen-bond donors (Lipinski definition) is 2. The molecule has 4 amide bonds. The first kappa shape index (κ1) is 33.3. The molecule has 1 fully saturated rings. The molecule has 4 rings (SSSR count). The Labute approximate surface area is 260 Å². The minimum absolute atomic E-state index is 0.0143. The Morgan fingerprint density at radius 2 is 1.76 bits per heavy atom. The van der Waals surface area contributed by atoms with Crippen LogP contribution in [0.1, 0.15) is 46.6 Å². The van der Waals surface area contributed by atoms with Crippen molar-refractivity contribution in [1.29, 1.82) is 0 Å². The second-order valence-electron chi connectivity index (χ2n) is 12.8. The van der Waals surface area contributed by atoms with Crippen molar-refractivity contribution >= 4 is 29.5 Å². The number of nitrogens with zero attached hydrogens (tertiary/aromatic N) is 3. The lowest BCUT2D eigenvalue weighted by Crippen LogP contribution is -2.63. The van der Waals surface area contributed by atoms with Crippen molar-refractivity contribution in [3.05, 3.63) is 65.7 Å². The number of carbonyl (C=O) groups excluding carboxylic acids is 4. The number of benzene rings is 2. The van der Waals surface area contributed by atoms with Crippen LogP contribution in [0.15, 0.2) is 53.6 Å². The van der Waals surface area contributed by atoms with Gasteiger partial charge in [0, 0.05) is 32.6 Å². The molecule has 2 aliphatic heterocycles. The lowest BCUT2D eigenvalue weighted by Gasteiger charge is -2.41. The van der Waals surface area contributed by atoms with Gasteiger partial charge in [-0.15, -0.1) is 0 Å². The van der Waals surface area contributed by atoms with Crippen LogP contribution in [0.3, 0.4) is 0 Å². The summed E-state index contributed by atoms with van der Waals surface area (Å²) in [7, 11) is 1.57. The normalized spacial score (nSPS) is 18.9. The van der Waals surface area contributed by atoms with Crippen LogP contribution in [0, 0.1) is 17.0 Å². The number of amides is 4. The van der Waals surface area contributed by atoms with Crippen LogP contribution >= 0.6 is 0 Å². The van der Waals surface area contributed by atoms with Gasteiger partial charge in [-0.2, -0.15) is 5.10 Å². The van der Waals surface area contributed by atoms with Crippen molar-refractivity contribution in [2.75, 3.05) is 26.7 Å². The van der Waals surface area contributed by atoms with Crippen molar-refractivity contribution in [3.8, 4) is 5.75 Å². The van der Waals surface area contributed by atoms with Crippen molar-refractivity contribution in [2.45, 2.75) is 64.6 Å². The first-order valence-corrected chi connectivity index (χ1v) is 14.6. The zero-order chi connectivity index (χ0) is 33.2. The van der Waals surface area contributed by atoms with Gasteiger partial charge in [-0.3, -0.25) is 14.4 Å². The number of halogens is 2. The number of hydrogen-bond acceptors (Lipinski definition) is 7. The molecule has 2 heterocycles. The lowest BCUT2D eigenvalue weighted by atomic mass is 9.73. The van der Waals surface area contributed by atoms with Gasteiger partial charge < -0.3 is 25.0 Å². The number of piperidine rings is 1.